The maximum atomic E-state index is 12.9. The van der Waals surface area contributed by atoms with Crippen molar-refractivity contribution in [3.8, 4) is 27.8 Å². The molecule has 4 heterocycles. The highest BCUT2D eigenvalue weighted by Gasteiger charge is 2.20. The third-order valence-electron chi connectivity index (χ3n) is 4.70. The minimum atomic E-state index is -0.459. The SMILES string of the molecule is CC(=O)NCc1ccc(-c2csc(NC(=O)c3nc(-c4cccs4)n(-c4ccccc4)n3)n2)o1. The number of nitrogens with zero attached hydrogens (tertiary/aromatic N) is 4. The van der Waals surface area contributed by atoms with E-state index >= 15 is 0 Å². The van der Waals surface area contributed by atoms with Crippen molar-refractivity contribution in [2.24, 2.45) is 0 Å². The quantitative estimate of drug-likeness (QED) is 0.345. The van der Waals surface area contributed by atoms with Gasteiger partial charge in [-0.2, -0.15) is 0 Å². The standard InChI is InChI=1S/C23H18N6O3S2/c1-14(30)24-12-16-9-10-18(32-16)17-13-34-23(25-17)27-22(31)20-26-21(19-8-5-11-33-19)29(28-20)15-6-3-2-4-7-15/h2-11,13H,12H2,1H3,(H,24,30)(H,25,27,31). The van der Waals surface area contributed by atoms with Gasteiger partial charge in [0, 0.05) is 12.3 Å². The molecule has 5 rings (SSSR count). The van der Waals surface area contributed by atoms with E-state index in [0.717, 1.165) is 10.6 Å². The van der Waals surface area contributed by atoms with E-state index in [-0.39, 0.29) is 11.7 Å². The molecule has 0 fully saturated rings. The lowest BCUT2D eigenvalue weighted by molar-refractivity contribution is -0.119. The van der Waals surface area contributed by atoms with Crippen LogP contribution in [0.3, 0.4) is 0 Å². The number of thiazole rings is 1. The molecule has 9 nitrogen and oxygen atoms in total. The Morgan fingerprint density at radius 2 is 1.88 bits per heavy atom. The number of carbonyl (C=O) groups excluding carboxylic acids is 2. The number of hydrogen-bond acceptors (Lipinski definition) is 8. The fourth-order valence-corrected chi connectivity index (χ4v) is 4.54. The number of thiophene rings is 1. The lowest BCUT2D eigenvalue weighted by atomic mass is 10.3. The van der Waals surface area contributed by atoms with Crippen LogP contribution in [0, 0.1) is 0 Å². The third-order valence-corrected chi connectivity index (χ3v) is 6.33. The van der Waals surface area contributed by atoms with Crippen LogP contribution in [0.15, 0.2) is 69.8 Å². The summed E-state index contributed by atoms with van der Waals surface area (Å²) < 4.78 is 7.38. The van der Waals surface area contributed by atoms with E-state index in [1.807, 2.05) is 47.8 Å². The summed E-state index contributed by atoms with van der Waals surface area (Å²) in [7, 11) is 0. The van der Waals surface area contributed by atoms with Gasteiger partial charge in [-0.15, -0.1) is 27.8 Å². The van der Waals surface area contributed by atoms with E-state index in [4.69, 9.17) is 4.42 Å². The summed E-state index contributed by atoms with van der Waals surface area (Å²) in [5.74, 6) is 1.19. The van der Waals surface area contributed by atoms with E-state index in [1.54, 1.807) is 22.2 Å². The molecule has 170 valence electrons. The number of carbonyl (C=O) groups is 2. The highest BCUT2D eigenvalue weighted by Crippen LogP contribution is 2.28. The molecule has 0 aliphatic heterocycles. The van der Waals surface area contributed by atoms with Crippen molar-refractivity contribution in [2.75, 3.05) is 5.32 Å². The number of anilines is 1. The first-order valence-corrected chi connectivity index (χ1v) is 12.0. The highest BCUT2D eigenvalue weighted by atomic mass is 32.1. The summed E-state index contributed by atoms with van der Waals surface area (Å²) in [6.45, 7) is 1.74. The zero-order chi connectivity index (χ0) is 23.5. The number of furan rings is 1. The molecule has 0 unspecified atom stereocenters. The lowest BCUT2D eigenvalue weighted by Crippen LogP contribution is -2.18. The van der Waals surface area contributed by atoms with E-state index in [9.17, 15) is 9.59 Å². The van der Waals surface area contributed by atoms with Gasteiger partial charge in [-0.1, -0.05) is 24.3 Å². The molecule has 0 saturated heterocycles. The molecule has 2 N–H and O–H groups in total. The second kappa shape index (κ2) is 9.41. The average molecular weight is 491 g/mol. The summed E-state index contributed by atoms with van der Waals surface area (Å²) in [4.78, 5) is 33.9. The molecule has 0 radical (unpaired) electrons. The van der Waals surface area contributed by atoms with Gasteiger partial charge < -0.3 is 9.73 Å². The van der Waals surface area contributed by atoms with Crippen molar-refractivity contribution >= 4 is 39.6 Å². The Hall–Kier alpha value is -4.09. The minimum absolute atomic E-state index is 0.0413. The molecule has 0 bridgehead atoms. The molecule has 2 amide bonds. The smallest absolute Gasteiger partial charge is 0.297 e. The van der Waals surface area contributed by atoms with Gasteiger partial charge in [-0.05, 0) is 35.7 Å². The van der Waals surface area contributed by atoms with Crippen LogP contribution in [0.2, 0.25) is 0 Å². The molecule has 0 aliphatic carbocycles. The molecule has 34 heavy (non-hydrogen) atoms. The number of rotatable bonds is 7. The summed E-state index contributed by atoms with van der Waals surface area (Å²) in [5, 5.41) is 14.0. The molecule has 0 saturated carbocycles. The maximum Gasteiger partial charge on any atom is 0.297 e. The van der Waals surface area contributed by atoms with Crippen molar-refractivity contribution in [1.82, 2.24) is 25.1 Å². The van der Waals surface area contributed by atoms with Crippen molar-refractivity contribution in [3.63, 3.8) is 0 Å². The Morgan fingerprint density at radius 3 is 2.65 bits per heavy atom. The minimum Gasteiger partial charge on any atom is -0.458 e. The second-order valence-electron chi connectivity index (χ2n) is 7.15. The van der Waals surface area contributed by atoms with Crippen LogP contribution < -0.4 is 10.6 Å². The topological polar surface area (TPSA) is 115 Å². The van der Waals surface area contributed by atoms with Crippen molar-refractivity contribution < 1.29 is 14.0 Å². The largest absolute Gasteiger partial charge is 0.458 e. The first-order valence-electron chi connectivity index (χ1n) is 10.2. The Bertz CT molecular complexity index is 1440. The number of nitrogens with one attached hydrogen (secondary N) is 2. The van der Waals surface area contributed by atoms with Crippen molar-refractivity contribution in [3.05, 3.63) is 76.9 Å². The van der Waals surface area contributed by atoms with Crippen LogP contribution in [0.1, 0.15) is 23.3 Å². The highest BCUT2D eigenvalue weighted by molar-refractivity contribution is 7.14. The van der Waals surface area contributed by atoms with Gasteiger partial charge in [0.2, 0.25) is 11.7 Å². The number of amides is 2. The van der Waals surface area contributed by atoms with E-state index < -0.39 is 5.91 Å². The average Bonchev–Trinajstić information content (AvgIpc) is 3.64. The molecule has 0 aliphatic rings. The summed E-state index contributed by atoms with van der Waals surface area (Å²) in [6.07, 6.45) is 0. The normalized spacial score (nSPS) is 10.9. The van der Waals surface area contributed by atoms with Gasteiger partial charge in [0.05, 0.1) is 17.1 Å². The van der Waals surface area contributed by atoms with Gasteiger partial charge in [-0.25, -0.2) is 14.6 Å². The van der Waals surface area contributed by atoms with E-state index in [2.05, 4.69) is 25.7 Å². The van der Waals surface area contributed by atoms with Crippen LogP contribution >= 0.6 is 22.7 Å². The summed E-state index contributed by atoms with van der Waals surface area (Å²) in [6, 6.07) is 17.0. The second-order valence-corrected chi connectivity index (χ2v) is 8.96. The number of benzene rings is 1. The summed E-state index contributed by atoms with van der Waals surface area (Å²) >= 11 is 2.79. The molecule has 11 heteroatoms. The number of aromatic nitrogens is 4. The number of hydrogen-bond donors (Lipinski definition) is 2. The van der Waals surface area contributed by atoms with Crippen LogP contribution in [0.25, 0.3) is 27.8 Å². The Labute approximate surface area is 202 Å². The van der Waals surface area contributed by atoms with Crippen LogP contribution in [0.5, 0.6) is 0 Å². The number of para-hydroxylation sites is 1. The van der Waals surface area contributed by atoms with Crippen molar-refractivity contribution in [1.29, 1.82) is 0 Å². The fourth-order valence-electron chi connectivity index (χ4n) is 3.14. The fraction of sp³-hybridized carbons (Fsp3) is 0.0870. The monoisotopic (exact) mass is 490 g/mol. The molecular formula is C23H18N6O3S2. The van der Waals surface area contributed by atoms with E-state index in [0.29, 0.717) is 34.7 Å². The predicted octanol–water partition coefficient (Wildman–Crippen LogP) is 4.60. The van der Waals surface area contributed by atoms with Crippen LogP contribution in [0.4, 0.5) is 5.13 Å². The van der Waals surface area contributed by atoms with Gasteiger partial charge in [0.1, 0.15) is 11.5 Å². The van der Waals surface area contributed by atoms with Crippen molar-refractivity contribution in [2.45, 2.75) is 13.5 Å². The molecule has 4 aromatic heterocycles. The zero-order valence-corrected chi connectivity index (χ0v) is 19.5. The third kappa shape index (κ3) is 4.65. The maximum absolute atomic E-state index is 12.9. The molecule has 0 spiro atoms. The van der Waals surface area contributed by atoms with E-state index in [1.165, 1.54) is 29.6 Å². The first kappa shape index (κ1) is 21.7. The Kier molecular flexibility index (Phi) is 6.02. The van der Waals surface area contributed by atoms with Gasteiger partial charge in [-0.3, -0.25) is 14.9 Å². The van der Waals surface area contributed by atoms with Crippen LogP contribution in [-0.4, -0.2) is 31.6 Å². The molecule has 1 aromatic carbocycles. The van der Waals surface area contributed by atoms with Crippen LogP contribution in [-0.2, 0) is 11.3 Å². The molecule has 5 aromatic rings. The first-order chi connectivity index (χ1) is 16.6. The lowest BCUT2D eigenvalue weighted by Gasteiger charge is -2.03. The van der Waals surface area contributed by atoms with Gasteiger partial charge in [0.25, 0.3) is 5.91 Å². The summed E-state index contributed by atoms with van der Waals surface area (Å²) in [5.41, 5.74) is 1.39. The van der Waals surface area contributed by atoms with Gasteiger partial charge in [0.15, 0.2) is 16.7 Å². The predicted molar refractivity (Wildman–Crippen MR) is 130 cm³/mol. The Balaban J connectivity index is 1.35. The molecular weight excluding hydrogens is 472 g/mol. The molecule has 0 atom stereocenters. The Morgan fingerprint density at radius 1 is 1.03 bits per heavy atom. The van der Waals surface area contributed by atoms with Gasteiger partial charge >= 0.3 is 0 Å². The zero-order valence-electron chi connectivity index (χ0n) is 17.9.